The number of hydrogen-bond acceptors (Lipinski definition) is 2. The fourth-order valence-electron chi connectivity index (χ4n) is 0. The van der Waals surface area contributed by atoms with E-state index in [0.29, 0.717) is 0 Å². The molecule has 0 rings (SSSR count). The van der Waals surface area contributed by atoms with Crippen LogP contribution in [-0.4, -0.2) is 22.9 Å². The van der Waals surface area contributed by atoms with Crippen LogP contribution < -0.4 is 0 Å². The van der Waals surface area contributed by atoms with Gasteiger partial charge in [0.25, 0.3) is 15.2 Å². The summed E-state index contributed by atoms with van der Waals surface area (Å²) in [5.74, 6) is 0. The lowest BCUT2D eigenvalue weighted by molar-refractivity contribution is 0.415. The molecule has 0 aromatic carbocycles. The zero-order chi connectivity index (χ0) is 5.21. The van der Waals surface area contributed by atoms with Gasteiger partial charge >= 0.3 is 0 Å². The normalized spacial score (nSPS) is 20.2. The molecule has 2 radical (unpaired) electrons. The molecule has 0 fully saturated rings. The quantitative estimate of drug-likeness (QED) is 0.342. The zero-order valence-electron chi connectivity index (χ0n) is 3.29. The van der Waals surface area contributed by atoms with Crippen LogP contribution >= 0.6 is 7.14 Å². The molecule has 0 saturated heterocycles. The van der Waals surface area contributed by atoms with E-state index in [-0.39, 0.29) is 9.91 Å². The first-order chi connectivity index (χ1) is 2.56. The van der Waals surface area contributed by atoms with Gasteiger partial charge in [-0.2, -0.15) is 0 Å². The Morgan fingerprint density at radius 2 is 2.17 bits per heavy atom. The van der Waals surface area contributed by atoms with Crippen molar-refractivity contribution >= 4 is 25.1 Å². The standard InChI is InChI=1S/BH4O3PSi/c1-4-5(2,3)6/h6H3,(H,2,3). The highest BCUT2D eigenvalue weighted by molar-refractivity contribution is 7.79. The third-order valence-electron chi connectivity index (χ3n) is 0.196. The summed E-state index contributed by atoms with van der Waals surface area (Å²) in [4.78, 5) is 8.10. The number of hydrogen-bond donors (Lipinski definition) is 1. The van der Waals surface area contributed by atoms with E-state index in [1.807, 2.05) is 0 Å². The van der Waals surface area contributed by atoms with Crippen molar-refractivity contribution in [2.75, 3.05) is 0 Å². The first kappa shape index (κ1) is 6.43. The van der Waals surface area contributed by atoms with Gasteiger partial charge in [-0.3, -0.25) is 4.57 Å². The van der Waals surface area contributed by atoms with Crippen molar-refractivity contribution in [3.8, 4) is 0 Å². The molecule has 1 unspecified atom stereocenters. The molecule has 0 spiro atoms. The molecule has 1 atom stereocenters. The highest BCUT2D eigenvalue weighted by Crippen LogP contribution is 2.32. The second-order valence-electron chi connectivity index (χ2n) is 0.908. The Morgan fingerprint density at radius 3 is 2.17 bits per heavy atom. The van der Waals surface area contributed by atoms with Crippen molar-refractivity contribution in [1.29, 1.82) is 0 Å². The van der Waals surface area contributed by atoms with Crippen molar-refractivity contribution in [2.24, 2.45) is 0 Å². The van der Waals surface area contributed by atoms with Crippen molar-refractivity contribution in [3.05, 3.63) is 0 Å². The van der Waals surface area contributed by atoms with Crippen molar-refractivity contribution in [3.63, 3.8) is 0 Å². The van der Waals surface area contributed by atoms with Crippen LogP contribution in [0.5, 0.6) is 0 Å². The molecule has 0 aromatic rings. The molecule has 0 bridgehead atoms. The molecule has 0 aromatic heterocycles. The molecular weight excluding hydrogens is 118 g/mol. The molecule has 3 nitrogen and oxygen atoms in total. The summed E-state index contributed by atoms with van der Waals surface area (Å²) >= 11 is 0. The summed E-state index contributed by atoms with van der Waals surface area (Å²) in [6.45, 7) is 0. The third-order valence-corrected chi connectivity index (χ3v) is 1.22. The van der Waals surface area contributed by atoms with Gasteiger partial charge in [-0.05, 0) is 0 Å². The SMILES string of the molecule is [B]OP(=O)(O)[SiH3]. The highest BCUT2D eigenvalue weighted by atomic mass is 31.4. The lowest BCUT2D eigenvalue weighted by Gasteiger charge is -1.97. The molecule has 0 aliphatic carbocycles. The summed E-state index contributed by atoms with van der Waals surface area (Å²) in [5, 5.41) is 0. The average molecular weight is 122 g/mol. The second-order valence-corrected chi connectivity index (χ2v) is 6.12. The highest BCUT2D eigenvalue weighted by Gasteiger charge is 2.01. The molecule has 0 heterocycles. The first-order valence-electron chi connectivity index (χ1n) is 1.25. The molecular formula is H4BO3PSi. The summed E-state index contributed by atoms with van der Waals surface area (Å²) in [6, 6.07) is 0. The lowest BCUT2D eigenvalue weighted by atomic mass is 10.6. The fourth-order valence-corrected chi connectivity index (χ4v) is 0. The van der Waals surface area contributed by atoms with Crippen LogP contribution in [0.15, 0.2) is 0 Å². The molecule has 0 aliphatic heterocycles. The van der Waals surface area contributed by atoms with Crippen molar-refractivity contribution < 1.29 is 13.9 Å². The molecule has 6 heavy (non-hydrogen) atoms. The van der Waals surface area contributed by atoms with Crippen LogP contribution in [0.2, 0.25) is 0 Å². The van der Waals surface area contributed by atoms with Gasteiger partial charge in [0.05, 0.1) is 0 Å². The molecule has 0 amide bonds. The minimum atomic E-state index is -3.23. The Bertz CT molecular complexity index is 74.9. The van der Waals surface area contributed by atoms with Gasteiger partial charge in [0, 0.05) is 0 Å². The van der Waals surface area contributed by atoms with E-state index in [9.17, 15) is 4.57 Å². The van der Waals surface area contributed by atoms with Gasteiger partial charge in [0.15, 0.2) is 0 Å². The molecule has 0 aliphatic rings. The van der Waals surface area contributed by atoms with E-state index in [1.54, 1.807) is 0 Å². The molecule has 0 saturated carbocycles. The van der Waals surface area contributed by atoms with E-state index < -0.39 is 7.14 Å². The Balaban J connectivity index is 3.48. The Kier molecular flexibility index (Phi) is 2.07. The molecule has 1 N–H and O–H groups in total. The second kappa shape index (κ2) is 1.93. The Hall–Kier alpha value is 0.432. The molecule has 6 heteroatoms. The fraction of sp³-hybridized carbons (Fsp3) is 0. The maximum atomic E-state index is 9.85. The van der Waals surface area contributed by atoms with Crippen LogP contribution in [0.1, 0.15) is 0 Å². The monoisotopic (exact) mass is 122 g/mol. The smallest absolute Gasteiger partial charge is 0.295 e. The van der Waals surface area contributed by atoms with Crippen molar-refractivity contribution in [1.82, 2.24) is 0 Å². The third kappa shape index (κ3) is 4.43. The predicted molar refractivity (Wildman–Crippen MR) is 26.6 cm³/mol. The minimum Gasteiger partial charge on any atom is -0.388 e. The first-order valence-corrected chi connectivity index (χ1v) is 5.96. The van der Waals surface area contributed by atoms with Gasteiger partial charge in [0.1, 0.15) is 9.91 Å². The maximum absolute atomic E-state index is 9.85. The van der Waals surface area contributed by atoms with Crippen LogP contribution in [0.3, 0.4) is 0 Å². The van der Waals surface area contributed by atoms with Gasteiger partial charge in [0.2, 0.25) is 0 Å². The van der Waals surface area contributed by atoms with E-state index in [2.05, 4.69) is 12.5 Å². The summed E-state index contributed by atoms with van der Waals surface area (Å²) in [5.41, 5.74) is 0. The van der Waals surface area contributed by atoms with E-state index in [0.717, 1.165) is 0 Å². The van der Waals surface area contributed by atoms with E-state index >= 15 is 0 Å². The van der Waals surface area contributed by atoms with Crippen LogP contribution in [0.4, 0.5) is 0 Å². The van der Waals surface area contributed by atoms with Gasteiger partial charge in [-0.25, -0.2) is 0 Å². The number of rotatable bonds is 1. The summed E-state index contributed by atoms with van der Waals surface area (Å²) < 4.78 is 13.5. The minimum absolute atomic E-state index is 0.0926. The predicted octanol–water partition coefficient (Wildman–Crippen LogP) is -1.45. The topological polar surface area (TPSA) is 46.5 Å². The van der Waals surface area contributed by atoms with E-state index in [4.69, 9.17) is 4.89 Å². The van der Waals surface area contributed by atoms with Gasteiger partial charge < -0.3 is 9.33 Å². The maximum Gasteiger partial charge on any atom is 0.295 e. The van der Waals surface area contributed by atoms with Crippen LogP contribution in [0.25, 0.3) is 0 Å². The van der Waals surface area contributed by atoms with Crippen LogP contribution in [-0.2, 0) is 9.01 Å². The van der Waals surface area contributed by atoms with E-state index in [1.165, 1.54) is 0 Å². The average Bonchev–Trinajstić information content (AvgIpc) is 1.35. The summed E-state index contributed by atoms with van der Waals surface area (Å²) in [6.07, 6.45) is 0. The van der Waals surface area contributed by atoms with Gasteiger partial charge in [-0.15, -0.1) is 0 Å². The van der Waals surface area contributed by atoms with Gasteiger partial charge in [-0.1, -0.05) is 0 Å². The zero-order valence-corrected chi connectivity index (χ0v) is 6.18. The lowest BCUT2D eigenvalue weighted by Crippen LogP contribution is -1.79. The molecule has 34 valence electrons. The van der Waals surface area contributed by atoms with Crippen LogP contribution in [0, 0.1) is 0 Å². The largest absolute Gasteiger partial charge is 0.388 e. The Morgan fingerprint density at radius 1 is 2.00 bits per heavy atom. The van der Waals surface area contributed by atoms with Crippen molar-refractivity contribution in [2.45, 2.75) is 0 Å². The Labute approximate surface area is 40.0 Å². The summed E-state index contributed by atoms with van der Waals surface area (Å²) in [7, 11) is 1.19.